The van der Waals surface area contributed by atoms with Gasteiger partial charge in [0.05, 0.1) is 31.1 Å². The van der Waals surface area contributed by atoms with Crippen molar-refractivity contribution < 1.29 is 22.9 Å². The van der Waals surface area contributed by atoms with Crippen molar-refractivity contribution in [2.75, 3.05) is 32.8 Å². The molecule has 3 rings (SSSR count). The average molecular weight is 410 g/mol. The molecular weight excluding hydrogens is 380 g/mol. The molecule has 3 amide bonds. The zero-order valence-electron chi connectivity index (χ0n) is 16.7. The summed E-state index contributed by atoms with van der Waals surface area (Å²) in [6.45, 7) is 7.96. The summed E-state index contributed by atoms with van der Waals surface area (Å²) in [5.41, 5.74) is 2.01. The molecule has 0 saturated carbocycles. The summed E-state index contributed by atoms with van der Waals surface area (Å²) in [5.74, 6) is -0.176. The molecular formula is C19H29N4O4S+. The van der Waals surface area contributed by atoms with Crippen LogP contribution in [0.3, 0.4) is 0 Å². The SMILES string of the molecule is CCC[C@@H]1NC(=O)N(C[NH+]2CCN(S(=O)(=O)c3ccc(C)c(C)c3)CC2)C1=O. The molecule has 1 atom stereocenters. The first-order chi connectivity index (χ1) is 13.2. The van der Waals surface area contributed by atoms with Gasteiger partial charge in [-0.3, -0.25) is 4.79 Å². The van der Waals surface area contributed by atoms with Crippen LogP contribution < -0.4 is 10.2 Å². The molecule has 1 aromatic carbocycles. The lowest BCUT2D eigenvalue weighted by Crippen LogP contribution is -3.16. The Kier molecular flexibility index (Phi) is 6.07. The number of quaternary nitrogens is 1. The number of sulfonamides is 1. The number of hydrogen-bond donors (Lipinski definition) is 2. The molecule has 2 fully saturated rings. The molecule has 2 N–H and O–H groups in total. The van der Waals surface area contributed by atoms with Crippen LogP contribution in [0.1, 0.15) is 30.9 Å². The third-order valence-electron chi connectivity index (χ3n) is 5.61. The smallest absolute Gasteiger partial charge is 0.326 e. The van der Waals surface area contributed by atoms with E-state index in [0.717, 1.165) is 22.4 Å². The molecule has 0 aliphatic carbocycles. The zero-order chi connectivity index (χ0) is 20.5. The Morgan fingerprint density at radius 1 is 1.14 bits per heavy atom. The van der Waals surface area contributed by atoms with Crippen molar-refractivity contribution in [3.05, 3.63) is 29.3 Å². The van der Waals surface area contributed by atoms with E-state index in [0.29, 0.717) is 37.5 Å². The normalized spacial score (nSPS) is 22.0. The topological polar surface area (TPSA) is 91.2 Å². The summed E-state index contributed by atoms with van der Waals surface area (Å²) in [5, 5.41) is 2.73. The van der Waals surface area contributed by atoms with E-state index in [-0.39, 0.29) is 18.6 Å². The summed E-state index contributed by atoms with van der Waals surface area (Å²) in [7, 11) is -3.53. The van der Waals surface area contributed by atoms with Crippen molar-refractivity contribution >= 4 is 22.0 Å². The van der Waals surface area contributed by atoms with E-state index >= 15 is 0 Å². The highest BCUT2D eigenvalue weighted by molar-refractivity contribution is 7.89. The molecule has 154 valence electrons. The molecule has 1 aromatic rings. The van der Waals surface area contributed by atoms with E-state index in [1.807, 2.05) is 26.8 Å². The fraction of sp³-hybridized carbons (Fsp3) is 0.579. The van der Waals surface area contributed by atoms with Gasteiger partial charge in [-0.05, 0) is 43.5 Å². The predicted molar refractivity (Wildman–Crippen MR) is 104 cm³/mol. The van der Waals surface area contributed by atoms with Gasteiger partial charge < -0.3 is 10.2 Å². The molecule has 0 aromatic heterocycles. The maximum atomic E-state index is 12.9. The maximum absolute atomic E-state index is 12.9. The number of nitrogens with one attached hydrogen (secondary N) is 2. The highest BCUT2D eigenvalue weighted by Gasteiger charge is 2.40. The van der Waals surface area contributed by atoms with E-state index in [1.54, 1.807) is 12.1 Å². The summed E-state index contributed by atoms with van der Waals surface area (Å²) in [4.78, 5) is 27.1. The number of amides is 3. The van der Waals surface area contributed by atoms with Gasteiger partial charge in [-0.15, -0.1) is 0 Å². The Bertz CT molecular complexity index is 863. The zero-order valence-corrected chi connectivity index (χ0v) is 17.5. The largest absolute Gasteiger partial charge is 0.329 e. The standard InChI is InChI=1S/C19H28N4O4S/c1-4-5-17-18(24)23(19(25)20-17)13-21-8-10-22(11-9-21)28(26,27)16-7-6-14(2)15(3)12-16/h6-7,12,17H,4-5,8-11,13H2,1-3H3,(H,20,25)/p+1/t17-/m0/s1. The predicted octanol–water partition coefficient (Wildman–Crippen LogP) is -0.129. The second-order valence-electron chi connectivity index (χ2n) is 7.62. The van der Waals surface area contributed by atoms with Gasteiger partial charge in [-0.2, -0.15) is 4.31 Å². The molecule has 2 heterocycles. The van der Waals surface area contributed by atoms with Crippen LogP contribution in [-0.4, -0.2) is 68.5 Å². The van der Waals surface area contributed by atoms with E-state index in [9.17, 15) is 18.0 Å². The van der Waals surface area contributed by atoms with Crippen molar-refractivity contribution in [2.24, 2.45) is 0 Å². The van der Waals surface area contributed by atoms with Crippen LogP contribution in [0.5, 0.6) is 0 Å². The number of urea groups is 1. The average Bonchev–Trinajstić information content (AvgIpc) is 2.92. The van der Waals surface area contributed by atoms with Crippen molar-refractivity contribution in [1.29, 1.82) is 0 Å². The first-order valence-electron chi connectivity index (χ1n) is 9.77. The molecule has 2 saturated heterocycles. The second-order valence-corrected chi connectivity index (χ2v) is 9.55. The first-order valence-corrected chi connectivity index (χ1v) is 11.2. The van der Waals surface area contributed by atoms with Crippen LogP contribution in [0.15, 0.2) is 23.1 Å². The van der Waals surface area contributed by atoms with Crippen LogP contribution in [-0.2, 0) is 14.8 Å². The minimum absolute atomic E-state index is 0.176. The number of aryl methyl sites for hydroxylation is 2. The summed E-state index contributed by atoms with van der Waals surface area (Å²) in [6.07, 6.45) is 1.46. The minimum Gasteiger partial charge on any atom is -0.326 e. The van der Waals surface area contributed by atoms with Crippen molar-refractivity contribution in [1.82, 2.24) is 14.5 Å². The van der Waals surface area contributed by atoms with Crippen LogP contribution in [0.4, 0.5) is 4.79 Å². The van der Waals surface area contributed by atoms with Gasteiger partial charge in [0.15, 0.2) is 6.67 Å². The Balaban J connectivity index is 1.60. The molecule has 8 nitrogen and oxygen atoms in total. The summed E-state index contributed by atoms with van der Waals surface area (Å²) in [6, 6.07) is 4.42. The Labute approximate surface area is 166 Å². The van der Waals surface area contributed by atoms with Gasteiger partial charge in [0.2, 0.25) is 10.0 Å². The third kappa shape index (κ3) is 4.06. The van der Waals surface area contributed by atoms with Crippen molar-refractivity contribution in [3.8, 4) is 0 Å². The third-order valence-corrected chi connectivity index (χ3v) is 7.51. The first kappa shape index (κ1) is 20.8. The lowest BCUT2D eigenvalue weighted by molar-refractivity contribution is -0.910. The lowest BCUT2D eigenvalue weighted by atomic mass is 10.1. The second kappa shape index (κ2) is 8.18. The van der Waals surface area contributed by atoms with E-state index in [1.165, 1.54) is 9.21 Å². The van der Waals surface area contributed by atoms with E-state index < -0.39 is 16.1 Å². The number of piperazine rings is 1. The highest BCUT2D eigenvalue weighted by atomic mass is 32.2. The molecule has 0 unspecified atom stereocenters. The number of hydrogen-bond acceptors (Lipinski definition) is 4. The van der Waals surface area contributed by atoms with Gasteiger partial charge in [0, 0.05) is 0 Å². The lowest BCUT2D eigenvalue weighted by Gasteiger charge is -2.32. The molecule has 2 aliphatic rings. The Hall–Kier alpha value is -1.97. The number of rotatable bonds is 6. The summed E-state index contributed by atoms with van der Waals surface area (Å²) < 4.78 is 27.3. The van der Waals surface area contributed by atoms with Gasteiger partial charge in [0.1, 0.15) is 6.04 Å². The minimum atomic E-state index is -3.53. The molecule has 0 spiro atoms. The molecule has 0 bridgehead atoms. The molecule has 2 aliphatic heterocycles. The Morgan fingerprint density at radius 3 is 2.43 bits per heavy atom. The van der Waals surface area contributed by atoms with Gasteiger partial charge >= 0.3 is 6.03 Å². The summed E-state index contributed by atoms with van der Waals surface area (Å²) >= 11 is 0. The van der Waals surface area contributed by atoms with E-state index in [2.05, 4.69) is 5.32 Å². The molecule has 28 heavy (non-hydrogen) atoms. The number of benzene rings is 1. The van der Waals surface area contributed by atoms with Crippen LogP contribution in [0, 0.1) is 13.8 Å². The van der Waals surface area contributed by atoms with Crippen LogP contribution >= 0.6 is 0 Å². The number of carbonyl (C=O) groups excluding carboxylic acids is 2. The van der Waals surface area contributed by atoms with Crippen LogP contribution in [0.2, 0.25) is 0 Å². The maximum Gasteiger partial charge on any atom is 0.329 e. The number of carbonyl (C=O) groups is 2. The van der Waals surface area contributed by atoms with Gasteiger partial charge in [0.25, 0.3) is 5.91 Å². The van der Waals surface area contributed by atoms with E-state index in [4.69, 9.17) is 0 Å². The van der Waals surface area contributed by atoms with Gasteiger partial charge in [-0.1, -0.05) is 19.4 Å². The van der Waals surface area contributed by atoms with Gasteiger partial charge in [-0.25, -0.2) is 18.1 Å². The quantitative estimate of drug-likeness (QED) is 0.641. The van der Waals surface area contributed by atoms with Crippen LogP contribution in [0.25, 0.3) is 0 Å². The monoisotopic (exact) mass is 409 g/mol. The number of imide groups is 1. The highest BCUT2D eigenvalue weighted by Crippen LogP contribution is 2.19. The molecule has 9 heteroatoms. The fourth-order valence-electron chi connectivity index (χ4n) is 3.66. The fourth-order valence-corrected chi connectivity index (χ4v) is 5.19. The molecule has 0 radical (unpaired) electrons. The van der Waals surface area contributed by atoms with Crippen molar-refractivity contribution in [2.45, 2.75) is 44.6 Å². The Morgan fingerprint density at radius 2 is 1.82 bits per heavy atom. The number of nitrogens with zero attached hydrogens (tertiary/aromatic N) is 2. The van der Waals surface area contributed by atoms with Crippen molar-refractivity contribution in [3.63, 3.8) is 0 Å².